The number of nitrogens with zero attached hydrogens (tertiary/aromatic N) is 6. The Morgan fingerprint density at radius 1 is 0.986 bits per heavy atom. The summed E-state index contributed by atoms with van der Waals surface area (Å²) in [4.78, 5) is 73.3. The molecule has 2 unspecified atom stereocenters. The lowest BCUT2D eigenvalue weighted by Crippen LogP contribution is -2.50. The highest BCUT2D eigenvalue weighted by Gasteiger charge is 2.50. The monoisotopic (exact) mass is 972 g/mol. The van der Waals surface area contributed by atoms with Crippen LogP contribution in [0.2, 0.25) is 0 Å². The highest BCUT2D eigenvalue weighted by Crippen LogP contribution is 2.51. The topological polar surface area (TPSA) is 227 Å². The van der Waals surface area contributed by atoms with E-state index < -0.39 is 71.4 Å². The maximum absolute atomic E-state index is 14.7. The van der Waals surface area contributed by atoms with Crippen molar-refractivity contribution in [2.24, 2.45) is 27.7 Å². The van der Waals surface area contributed by atoms with Crippen molar-refractivity contribution >= 4 is 40.0 Å². The Balaban J connectivity index is 1.20. The molecule has 18 nitrogen and oxygen atoms in total. The number of likely N-dealkylation sites (N-methyl/N-ethyl adjacent to an activating group) is 1. The van der Waals surface area contributed by atoms with Gasteiger partial charge in [-0.15, -0.1) is 0 Å². The van der Waals surface area contributed by atoms with Crippen LogP contribution in [-0.2, 0) is 23.9 Å². The fraction of sp³-hybridized carbons (Fsp3) is 0.615. The first-order chi connectivity index (χ1) is 33.1. The lowest BCUT2D eigenvalue weighted by atomic mass is 9.86. The van der Waals surface area contributed by atoms with E-state index in [2.05, 4.69) is 38.9 Å². The number of hydrogen-bond acceptors (Lipinski definition) is 16. The summed E-state index contributed by atoms with van der Waals surface area (Å²) in [5.41, 5.74) is -0.112. The maximum atomic E-state index is 14.7. The summed E-state index contributed by atoms with van der Waals surface area (Å²) >= 11 is 0. The van der Waals surface area contributed by atoms with E-state index in [9.17, 15) is 39.6 Å². The molecular formula is C52H73N7O11. The third-order valence-electron chi connectivity index (χ3n) is 14.5. The first-order valence-electron chi connectivity index (χ1n) is 24.8. The van der Waals surface area contributed by atoms with E-state index in [0.29, 0.717) is 50.6 Å². The van der Waals surface area contributed by atoms with E-state index in [4.69, 9.17) is 19.2 Å². The summed E-state index contributed by atoms with van der Waals surface area (Å²) < 4.78 is 18.3. The second-order valence-electron chi connectivity index (χ2n) is 20.7. The summed E-state index contributed by atoms with van der Waals surface area (Å²) in [7, 11) is 4.03. The third kappa shape index (κ3) is 11.2. The number of nitrogens with one attached hydrogen (secondary N) is 1. The second kappa shape index (κ2) is 21.5. The van der Waals surface area contributed by atoms with E-state index in [0.717, 1.165) is 32.7 Å². The van der Waals surface area contributed by atoms with Crippen molar-refractivity contribution in [3.63, 3.8) is 0 Å². The number of fused-ring (bicyclic) bond motifs is 13. The van der Waals surface area contributed by atoms with E-state index in [1.165, 1.54) is 19.3 Å². The average molecular weight is 972 g/mol. The van der Waals surface area contributed by atoms with Crippen molar-refractivity contribution in [2.45, 2.75) is 117 Å². The highest BCUT2D eigenvalue weighted by molar-refractivity contribution is 6.21. The summed E-state index contributed by atoms with van der Waals surface area (Å²) in [5, 5.41) is 50.6. The summed E-state index contributed by atoms with van der Waals surface area (Å²) in [6, 6.07) is 0. The predicted octanol–water partition coefficient (Wildman–Crippen LogP) is 3.71. The molecule has 382 valence electrons. The SMILES string of the molecule is C/C1=C/C=C/C(C)[C@H](O)[C@@H](C)C(O)C[C@H](OC(=O)CC(=O)N2CCN(CCN(C)C)CC2)CC/C=C/O[C@@]2(C)Oc3c(C)c(O)c4c(O)c(c5c(c4c3C2=O)NC2(CCN(CC(C)C)CC2)N=5)=NC1=O. The molecular weight excluding hydrogens is 899 g/mol. The number of phenols is 2. The zero-order valence-corrected chi connectivity index (χ0v) is 42.3. The minimum atomic E-state index is -1.92. The Bertz CT molecular complexity index is 2560. The molecule has 2 saturated heterocycles. The number of ketones is 1. The number of carbonyl (C=O) groups is 4. The molecule has 6 aliphatic rings. The van der Waals surface area contributed by atoms with Crippen LogP contribution in [0.1, 0.15) is 96.0 Å². The number of aromatic hydroxyl groups is 2. The van der Waals surface area contributed by atoms with Gasteiger partial charge >= 0.3 is 11.8 Å². The van der Waals surface area contributed by atoms with E-state index in [1.807, 2.05) is 14.1 Å². The summed E-state index contributed by atoms with van der Waals surface area (Å²) in [5.74, 6) is -5.82. The number of piperazine rings is 1. The number of phenolic OH excluding ortho intramolecular Hbond substituents is 2. The van der Waals surface area contributed by atoms with Crippen LogP contribution in [-0.4, -0.2) is 166 Å². The Labute approximate surface area is 410 Å². The molecule has 5 N–H and O–H groups in total. The number of rotatable bonds is 8. The van der Waals surface area contributed by atoms with Crippen molar-refractivity contribution in [1.82, 2.24) is 19.6 Å². The number of anilines is 1. The van der Waals surface area contributed by atoms with E-state index >= 15 is 0 Å². The van der Waals surface area contributed by atoms with Gasteiger partial charge in [0.25, 0.3) is 11.7 Å². The Kier molecular flexibility index (Phi) is 16.1. The van der Waals surface area contributed by atoms with Crippen LogP contribution < -0.4 is 20.8 Å². The molecule has 2 aromatic carbocycles. The van der Waals surface area contributed by atoms with Crippen LogP contribution in [0, 0.1) is 24.7 Å². The van der Waals surface area contributed by atoms with Gasteiger partial charge in [-0.05, 0) is 52.8 Å². The number of amides is 2. The molecule has 0 saturated carbocycles. The number of ether oxygens (including phenoxy) is 3. The molecule has 8 rings (SSSR count). The van der Waals surface area contributed by atoms with Gasteiger partial charge in [-0.3, -0.25) is 29.1 Å². The molecule has 2 amide bonds. The van der Waals surface area contributed by atoms with Crippen LogP contribution in [0.15, 0.2) is 46.1 Å². The Hall–Kier alpha value is -5.40. The van der Waals surface area contributed by atoms with Crippen molar-refractivity contribution < 1.29 is 53.8 Å². The minimum Gasteiger partial charge on any atom is -0.507 e. The van der Waals surface area contributed by atoms with Gasteiger partial charge in [0.1, 0.15) is 40.4 Å². The van der Waals surface area contributed by atoms with Crippen LogP contribution >= 0.6 is 0 Å². The van der Waals surface area contributed by atoms with Gasteiger partial charge in [0.15, 0.2) is 5.75 Å². The number of carbonyl (C=O) groups excluding carboxylic acids is 4. The first kappa shape index (κ1) is 52.4. The van der Waals surface area contributed by atoms with Gasteiger partial charge in [-0.2, -0.15) is 0 Å². The summed E-state index contributed by atoms with van der Waals surface area (Å²) in [6.45, 7) is 18.9. The lowest BCUT2D eigenvalue weighted by Gasteiger charge is -2.38. The van der Waals surface area contributed by atoms with Crippen molar-refractivity contribution in [3.8, 4) is 17.2 Å². The molecule has 6 aliphatic heterocycles. The molecule has 0 aromatic heterocycles. The number of allylic oxidation sites excluding steroid dienone is 3. The van der Waals surface area contributed by atoms with Crippen molar-refractivity contribution in [2.75, 3.05) is 78.3 Å². The number of Topliss-reactive ketones (excluding diaryl/α,β-unsaturated/α-hetero) is 1. The third-order valence-corrected chi connectivity index (χ3v) is 14.5. The number of likely N-dealkylation sites (tertiary alicyclic amines) is 1. The minimum absolute atomic E-state index is 0.0380. The van der Waals surface area contributed by atoms with Gasteiger partial charge in [0, 0.05) is 113 Å². The lowest BCUT2D eigenvalue weighted by molar-refractivity contribution is -0.155. The molecule has 6 heterocycles. The fourth-order valence-corrected chi connectivity index (χ4v) is 10.1. The normalized spacial score (nSPS) is 28.4. The molecule has 0 radical (unpaired) electrons. The van der Waals surface area contributed by atoms with Crippen molar-refractivity contribution in [1.29, 1.82) is 0 Å². The average Bonchev–Trinajstić information content (AvgIpc) is 3.81. The molecule has 2 aromatic rings. The fourth-order valence-electron chi connectivity index (χ4n) is 10.1. The van der Waals surface area contributed by atoms with Gasteiger partial charge < -0.3 is 54.7 Å². The van der Waals surface area contributed by atoms with Gasteiger partial charge in [0.05, 0.1) is 35.1 Å². The Morgan fingerprint density at radius 2 is 1.69 bits per heavy atom. The molecule has 5 bridgehead atoms. The highest BCUT2D eigenvalue weighted by atomic mass is 16.7. The van der Waals surface area contributed by atoms with Crippen molar-refractivity contribution in [3.05, 3.63) is 58.0 Å². The van der Waals surface area contributed by atoms with Gasteiger partial charge in [-0.1, -0.05) is 45.9 Å². The largest absolute Gasteiger partial charge is 0.507 e. The number of aliphatic hydroxyl groups excluding tert-OH is 2. The van der Waals surface area contributed by atoms with Crippen LogP contribution in [0.5, 0.6) is 17.2 Å². The second-order valence-corrected chi connectivity index (χ2v) is 20.7. The molecule has 0 aliphatic carbocycles. The predicted molar refractivity (Wildman–Crippen MR) is 263 cm³/mol. The molecule has 6 atom stereocenters. The smallest absolute Gasteiger partial charge is 0.315 e. The maximum Gasteiger partial charge on any atom is 0.315 e. The van der Waals surface area contributed by atoms with E-state index in [1.54, 1.807) is 50.8 Å². The van der Waals surface area contributed by atoms with E-state index in [-0.39, 0.29) is 74.9 Å². The number of benzene rings is 2. The molecule has 1 spiro atoms. The number of esters is 1. The van der Waals surface area contributed by atoms with Crippen LogP contribution in [0.4, 0.5) is 5.69 Å². The zero-order chi connectivity index (χ0) is 50.8. The quantitative estimate of drug-likeness (QED) is 0.144. The number of hydrogen-bond donors (Lipinski definition) is 5. The zero-order valence-electron chi connectivity index (χ0n) is 42.3. The molecule has 18 heteroatoms. The molecule has 2 fully saturated rings. The first-order valence-corrected chi connectivity index (χ1v) is 24.8. The standard InChI is InChI=1S/C52H73N7O11/c1-30(2)29-58-18-16-52(17-19-58)54-42-39-40-46(64)34(6)48-41(39)49(66)51(7,70-48)68-26-11-10-15-35(69-38(62)28-37(61)59-24-22-57(23-25-59)21-20-56(8)9)27-36(60)33(5)45(63)31(3)13-12-14-32(4)50(67)53-44(47(40)65)43(42)55-52/h11-14,26,30-31,33,35-36,45,54,60,63-65H,10,15-25,27-29H2,1-9H3/b13-12+,26-11+,32-14-,53-44?/t31?,33-,35+,36?,45-,51-/m0/s1. The number of piperidine rings is 1. The Morgan fingerprint density at radius 3 is 2.36 bits per heavy atom. The summed E-state index contributed by atoms with van der Waals surface area (Å²) in [6.07, 6.45) is 5.88. The van der Waals surface area contributed by atoms with Crippen LogP contribution in [0.25, 0.3) is 10.8 Å². The van der Waals surface area contributed by atoms with Gasteiger partial charge in [-0.25, -0.2) is 4.99 Å². The number of aliphatic hydroxyl groups is 2. The molecule has 70 heavy (non-hydrogen) atoms. The van der Waals surface area contributed by atoms with Crippen LogP contribution in [0.3, 0.4) is 0 Å². The van der Waals surface area contributed by atoms with Gasteiger partial charge in [0.2, 0.25) is 5.91 Å².